The number of rotatable bonds is 0. The van der Waals surface area contributed by atoms with Crippen LogP contribution < -0.4 is 5.32 Å². The molecule has 66 valence electrons. The van der Waals surface area contributed by atoms with Gasteiger partial charge < -0.3 is 5.32 Å². The van der Waals surface area contributed by atoms with Gasteiger partial charge in [0.25, 0.3) is 0 Å². The van der Waals surface area contributed by atoms with Gasteiger partial charge in [0, 0.05) is 17.1 Å². The lowest BCUT2D eigenvalue weighted by Crippen LogP contribution is -1.90. The Morgan fingerprint density at radius 1 is 1.33 bits per heavy atom. The zero-order valence-electron chi connectivity index (χ0n) is 7.59. The number of nitrogens with one attached hydrogen (secondary N) is 1. The first-order valence-electron chi connectivity index (χ1n) is 4.42. The molecule has 2 rings (SSSR count). The van der Waals surface area contributed by atoms with Crippen LogP contribution in [0.3, 0.4) is 0 Å². The van der Waals surface area contributed by atoms with Crippen LogP contribution in [0.25, 0.3) is 0 Å². The van der Waals surface area contributed by atoms with E-state index in [9.17, 15) is 0 Å². The molecule has 1 aliphatic rings. The highest BCUT2D eigenvalue weighted by atomic mass is 32.1. The van der Waals surface area contributed by atoms with Crippen molar-refractivity contribution in [1.29, 1.82) is 0 Å². The smallest absolute Gasteiger partial charge is 0.0384 e. The normalized spacial score (nSPS) is 12.6. The molecule has 1 N–H and O–H groups in total. The molecule has 0 saturated carbocycles. The van der Waals surface area contributed by atoms with Crippen molar-refractivity contribution < 1.29 is 0 Å². The van der Waals surface area contributed by atoms with E-state index < -0.39 is 0 Å². The van der Waals surface area contributed by atoms with Gasteiger partial charge in [-0.15, -0.1) is 12.6 Å². The predicted molar refractivity (Wildman–Crippen MR) is 57.2 cm³/mol. The summed E-state index contributed by atoms with van der Waals surface area (Å²) in [7, 11) is 0. The SMILES string of the molecule is CC.Sc1ccc2c(c1)NCC2. The van der Waals surface area contributed by atoms with Gasteiger partial charge in [-0.05, 0) is 24.1 Å². The van der Waals surface area contributed by atoms with Gasteiger partial charge in [-0.1, -0.05) is 19.9 Å². The van der Waals surface area contributed by atoms with E-state index in [1.54, 1.807) is 0 Å². The molecule has 0 fully saturated rings. The number of anilines is 1. The van der Waals surface area contributed by atoms with Crippen molar-refractivity contribution in [3.8, 4) is 0 Å². The van der Waals surface area contributed by atoms with Gasteiger partial charge in [-0.25, -0.2) is 0 Å². The molecule has 0 bridgehead atoms. The Kier molecular flexibility index (Phi) is 3.48. The maximum atomic E-state index is 4.24. The highest BCUT2D eigenvalue weighted by Crippen LogP contribution is 2.24. The molecule has 0 aliphatic carbocycles. The quantitative estimate of drug-likeness (QED) is 0.586. The first kappa shape index (κ1) is 9.46. The van der Waals surface area contributed by atoms with Crippen LogP contribution in [0.15, 0.2) is 23.1 Å². The molecule has 0 amide bonds. The van der Waals surface area contributed by atoms with Crippen LogP contribution in [0.2, 0.25) is 0 Å². The minimum absolute atomic E-state index is 1.04. The summed E-state index contributed by atoms with van der Waals surface area (Å²) in [6, 6.07) is 6.25. The summed E-state index contributed by atoms with van der Waals surface area (Å²) in [4.78, 5) is 1.04. The van der Waals surface area contributed by atoms with E-state index in [0.29, 0.717) is 0 Å². The summed E-state index contributed by atoms with van der Waals surface area (Å²) in [6.45, 7) is 5.08. The minimum Gasteiger partial charge on any atom is -0.384 e. The number of hydrogen-bond acceptors (Lipinski definition) is 2. The molecule has 0 radical (unpaired) electrons. The van der Waals surface area contributed by atoms with Crippen LogP contribution in [-0.2, 0) is 6.42 Å². The van der Waals surface area contributed by atoms with Crippen molar-refractivity contribution in [2.45, 2.75) is 25.2 Å². The molecule has 0 spiro atoms. The van der Waals surface area contributed by atoms with Gasteiger partial charge in [-0.2, -0.15) is 0 Å². The molecule has 0 atom stereocenters. The Labute approximate surface area is 79.6 Å². The molecular formula is C10H15NS. The summed E-state index contributed by atoms with van der Waals surface area (Å²) >= 11 is 4.24. The lowest BCUT2D eigenvalue weighted by Gasteiger charge is -1.98. The van der Waals surface area contributed by atoms with Crippen LogP contribution in [0, 0.1) is 0 Å². The molecule has 0 aromatic heterocycles. The highest BCUT2D eigenvalue weighted by Gasteiger charge is 2.07. The molecule has 0 saturated heterocycles. The van der Waals surface area contributed by atoms with Gasteiger partial charge in [0.15, 0.2) is 0 Å². The average Bonchev–Trinajstić information content (AvgIpc) is 2.54. The molecule has 12 heavy (non-hydrogen) atoms. The van der Waals surface area contributed by atoms with Crippen LogP contribution in [0.1, 0.15) is 19.4 Å². The Hall–Kier alpha value is -0.630. The third kappa shape index (κ3) is 1.95. The zero-order chi connectivity index (χ0) is 8.97. The maximum absolute atomic E-state index is 4.24. The molecule has 1 aromatic carbocycles. The van der Waals surface area contributed by atoms with Crippen molar-refractivity contribution in [3.63, 3.8) is 0 Å². The largest absolute Gasteiger partial charge is 0.384 e. The fourth-order valence-corrected chi connectivity index (χ4v) is 1.48. The van der Waals surface area contributed by atoms with E-state index >= 15 is 0 Å². The minimum atomic E-state index is 1.04. The summed E-state index contributed by atoms with van der Waals surface area (Å²) in [5, 5.41) is 3.29. The van der Waals surface area contributed by atoms with Crippen LogP contribution in [-0.4, -0.2) is 6.54 Å². The first-order valence-corrected chi connectivity index (χ1v) is 4.87. The third-order valence-electron chi connectivity index (χ3n) is 1.80. The maximum Gasteiger partial charge on any atom is 0.0384 e. The fraction of sp³-hybridized carbons (Fsp3) is 0.400. The molecule has 1 heterocycles. The number of fused-ring (bicyclic) bond motifs is 1. The monoisotopic (exact) mass is 181 g/mol. The van der Waals surface area contributed by atoms with E-state index in [2.05, 4.69) is 30.1 Å². The fourth-order valence-electron chi connectivity index (χ4n) is 1.28. The lowest BCUT2D eigenvalue weighted by atomic mass is 10.2. The van der Waals surface area contributed by atoms with Gasteiger partial charge in [0.05, 0.1) is 0 Å². The number of thiol groups is 1. The van der Waals surface area contributed by atoms with Gasteiger partial charge in [-0.3, -0.25) is 0 Å². The van der Waals surface area contributed by atoms with Gasteiger partial charge in [0.2, 0.25) is 0 Å². The molecular weight excluding hydrogens is 166 g/mol. The summed E-state index contributed by atoms with van der Waals surface area (Å²) in [5.74, 6) is 0. The molecule has 0 unspecified atom stereocenters. The Balaban J connectivity index is 0.000000336. The second-order valence-electron chi connectivity index (χ2n) is 2.52. The van der Waals surface area contributed by atoms with E-state index in [1.807, 2.05) is 19.9 Å². The van der Waals surface area contributed by atoms with Gasteiger partial charge >= 0.3 is 0 Å². The Bertz CT molecular complexity index is 258. The first-order chi connectivity index (χ1) is 5.86. The van der Waals surface area contributed by atoms with Crippen molar-refractivity contribution in [1.82, 2.24) is 0 Å². The van der Waals surface area contributed by atoms with Crippen molar-refractivity contribution >= 4 is 18.3 Å². The predicted octanol–water partition coefficient (Wildman–Crippen LogP) is 2.97. The zero-order valence-corrected chi connectivity index (χ0v) is 8.49. The lowest BCUT2D eigenvalue weighted by molar-refractivity contribution is 1.11. The summed E-state index contributed by atoms with van der Waals surface area (Å²) < 4.78 is 0. The van der Waals surface area contributed by atoms with Crippen molar-refractivity contribution in [2.75, 3.05) is 11.9 Å². The van der Waals surface area contributed by atoms with Crippen molar-refractivity contribution in [3.05, 3.63) is 23.8 Å². The Morgan fingerprint density at radius 3 is 2.83 bits per heavy atom. The molecule has 1 aliphatic heterocycles. The standard InChI is InChI=1S/C8H9NS.C2H6/c10-7-2-1-6-3-4-9-8(6)5-7;1-2/h1-2,5,9-10H,3-4H2;1-2H3. The third-order valence-corrected chi connectivity index (χ3v) is 2.08. The van der Waals surface area contributed by atoms with E-state index in [4.69, 9.17) is 0 Å². The van der Waals surface area contributed by atoms with E-state index in [0.717, 1.165) is 17.9 Å². The van der Waals surface area contributed by atoms with Crippen LogP contribution in [0.4, 0.5) is 5.69 Å². The molecule has 2 heteroatoms. The number of benzene rings is 1. The van der Waals surface area contributed by atoms with Crippen LogP contribution in [0.5, 0.6) is 0 Å². The van der Waals surface area contributed by atoms with Gasteiger partial charge in [0.1, 0.15) is 0 Å². The summed E-state index contributed by atoms with van der Waals surface area (Å²) in [5.41, 5.74) is 2.67. The number of hydrogen-bond donors (Lipinski definition) is 2. The molecule has 1 aromatic rings. The topological polar surface area (TPSA) is 12.0 Å². The molecule has 1 nitrogen and oxygen atoms in total. The second kappa shape index (κ2) is 4.41. The van der Waals surface area contributed by atoms with Crippen molar-refractivity contribution in [2.24, 2.45) is 0 Å². The average molecular weight is 181 g/mol. The summed E-state index contributed by atoms with van der Waals surface area (Å²) in [6.07, 6.45) is 1.16. The Morgan fingerprint density at radius 2 is 2.08 bits per heavy atom. The van der Waals surface area contributed by atoms with Crippen LogP contribution >= 0.6 is 12.6 Å². The second-order valence-corrected chi connectivity index (χ2v) is 3.03. The van der Waals surface area contributed by atoms with E-state index in [1.165, 1.54) is 11.3 Å². The van der Waals surface area contributed by atoms with E-state index in [-0.39, 0.29) is 0 Å². The highest BCUT2D eigenvalue weighted by molar-refractivity contribution is 7.80.